The Morgan fingerprint density at radius 1 is 1.29 bits per heavy atom. The van der Waals surface area contributed by atoms with Gasteiger partial charge in [-0.15, -0.1) is 0 Å². The first-order valence-corrected chi connectivity index (χ1v) is 2.35. The zero-order valence-corrected chi connectivity index (χ0v) is 9.13. The summed E-state index contributed by atoms with van der Waals surface area (Å²) < 4.78 is 8.88. The second-order valence-corrected chi connectivity index (χ2v) is 1.54. The van der Waals surface area contributed by atoms with Crippen LogP contribution in [0.3, 0.4) is 0 Å². The predicted octanol–water partition coefficient (Wildman–Crippen LogP) is -3.81. The molecule has 0 aromatic rings. The van der Waals surface area contributed by atoms with Gasteiger partial charge in [-0.2, -0.15) is 0 Å². The van der Waals surface area contributed by atoms with Gasteiger partial charge in [0.2, 0.25) is 0 Å². The smallest absolute Gasteiger partial charge is 1.00 e. The Kier molecular flexibility index (Phi) is 16.7. The van der Waals surface area contributed by atoms with E-state index in [2.05, 4.69) is 0 Å². The van der Waals surface area contributed by atoms with Crippen LogP contribution < -0.4 is 51.4 Å². The molecule has 0 rings (SSSR count). The van der Waals surface area contributed by atoms with Crippen molar-refractivity contribution in [2.75, 3.05) is 0 Å². The molecule has 0 amide bonds. The molecule has 0 unspecified atom stereocenters. The van der Waals surface area contributed by atoms with Gasteiger partial charge in [-0.3, -0.25) is 0 Å². The van der Waals surface area contributed by atoms with Gasteiger partial charge in [0.15, 0.2) is 0 Å². The fraction of sp³-hybridized carbons (Fsp3) is 0. The van der Waals surface area contributed by atoms with Crippen LogP contribution in [0.25, 0.3) is 0 Å². The third-order valence-corrected chi connectivity index (χ3v) is 0. The van der Waals surface area contributed by atoms with Crippen molar-refractivity contribution < 1.29 is 109 Å². The first kappa shape index (κ1) is 16.5. The largest absolute Gasteiger partial charge is 1.00 e. The van der Waals surface area contributed by atoms with E-state index in [1.807, 2.05) is 0 Å². The Morgan fingerprint density at radius 3 is 1.29 bits per heavy atom. The van der Waals surface area contributed by atoms with Gasteiger partial charge in [0.05, 0.1) is 0 Å². The van der Waals surface area contributed by atoms with E-state index in [0.29, 0.717) is 0 Å². The Hall–Kier alpha value is 2.98. The number of hydrogen-bond acceptors (Lipinski definition) is 1. The fourth-order valence-electron chi connectivity index (χ4n) is 0. The molecular formula is H4KLuO4P. The van der Waals surface area contributed by atoms with Gasteiger partial charge >= 0.3 is 59.2 Å². The molecule has 3 N–H and O–H groups in total. The van der Waals surface area contributed by atoms with Crippen molar-refractivity contribution in [3.05, 3.63) is 0 Å². The Morgan fingerprint density at radius 2 is 1.29 bits per heavy atom. The van der Waals surface area contributed by atoms with E-state index in [1.165, 1.54) is 0 Å². The van der Waals surface area contributed by atoms with E-state index >= 15 is 0 Å². The SMILES string of the molecule is O=P(O)(O)O.[H-].[K+].[Lu]. The Bertz CT molecular complexity index is 62.2. The molecule has 0 fully saturated rings. The van der Waals surface area contributed by atoms with Crippen LogP contribution in [-0.2, 0) is 4.57 Å². The molecule has 0 spiro atoms. The summed E-state index contributed by atoms with van der Waals surface area (Å²) in [6.45, 7) is 0. The summed E-state index contributed by atoms with van der Waals surface area (Å²) in [7, 11) is -4.64. The molecule has 49 valence electrons. The summed E-state index contributed by atoms with van der Waals surface area (Å²) in [5.74, 6) is 0. The molecule has 0 heterocycles. The van der Waals surface area contributed by atoms with Crippen LogP contribution >= 0.6 is 7.82 Å². The molecule has 0 bridgehead atoms. The molecule has 0 aliphatic carbocycles. The molecule has 0 saturated carbocycles. The Labute approximate surface area is 114 Å². The fourth-order valence-corrected chi connectivity index (χ4v) is 0. The maximum atomic E-state index is 8.88. The summed E-state index contributed by atoms with van der Waals surface area (Å²) in [4.78, 5) is 21.6. The molecule has 0 atom stereocenters. The standard InChI is InChI=1S/K.Lu.H3O4P.H/c;;1-5(2,3)4;/h;;(H3,1,2,3,4);/q+1;;;-1. The second-order valence-electron chi connectivity index (χ2n) is 0.513. The van der Waals surface area contributed by atoms with Gasteiger partial charge in [0, 0.05) is 36.9 Å². The van der Waals surface area contributed by atoms with Crippen molar-refractivity contribution in [1.82, 2.24) is 0 Å². The van der Waals surface area contributed by atoms with Crippen LogP contribution in [-0.4, -0.2) is 14.7 Å². The minimum absolute atomic E-state index is 0. The van der Waals surface area contributed by atoms with E-state index in [1.54, 1.807) is 0 Å². The van der Waals surface area contributed by atoms with Crippen LogP contribution in [0.2, 0.25) is 0 Å². The zero-order valence-electron chi connectivity index (χ0n) is 4.46. The molecule has 7 heavy (non-hydrogen) atoms. The molecule has 0 aliphatic heterocycles. The molecule has 0 aromatic carbocycles. The Balaban J connectivity index is -0.0000000267. The van der Waals surface area contributed by atoms with Crippen molar-refractivity contribution >= 4 is 7.82 Å². The topological polar surface area (TPSA) is 77.8 Å². The van der Waals surface area contributed by atoms with Crippen LogP contribution in [0, 0.1) is 36.9 Å². The maximum Gasteiger partial charge on any atom is 1.00 e. The van der Waals surface area contributed by atoms with Gasteiger partial charge in [-0.25, -0.2) is 4.57 Å². The van der Waals surface area contributed by atoms with E-state index in [4.69, 9.17) is 19.2 Å². The number of phosphoric acid groups is 1. The van der Waals surface area contributed by atoms with E-state index in [0.717, 1.165) is 0 Å². The van der Waals surface area contributed by atoms with Gasteiger partial charge in [-0.1, -0.05) is 0 Å². The van der Waals surface area contributed by atoms with Crippen molar-refractivity contribution in [2.24, 2.45) is 0 Å². The van der Waals surface area contributed by atoms with Crippen LogP contribution in [0.15, 0.2) is 0 Å². The van der Waals surface area contributed by atoms with Crippen LogP contribution in [0.4, 0.5) is 0 Å². The average Bonchev–Trinajstić information content (AvgIpc) is 0.722. The minimum Gasteiger partial charge on any atom is -1.00 e. The van der Waals surface area contributed by atoms with Crippen molar-refractivity contribution in [3.63, 3.8) is 0 Å². The third-order valence-electron chi connectivity index (χ3n) is 0. The van der Waals surface area contributed by atoms with E-state index in [-0.39, 0.29) is 89.7 Å². The van der Waals surface area contributed by atoms with Crippen LogP contribution in [0.1, 0.15) is 1.43 Å². The summed E-state index contributed by atoms with van der Waals surface area (Å²) in [5, 5.41) is 0. The third kappa shape index (κ3) is 49.3. The van der Waals surface area contributed by atoms with Crippen molar-refractivity contribution in [3.8, 4) is 0 Å². The number of rotatable bonds is 0. The molecule has 7 heteroatoms. The summed E-state index contributed by atoms with van der Waals surface area (Å²) >= 11 is 0. The molecular weight excluding hydrogens is 309 g/mol. The number of hydrogen-bond donors (Lipinski definition) is 3. The van der Waals surface area contributed by atoms with E-state index < -0.39 is 7.82 Å². The molecule has 0 aliphatic rings. The maximum absolute atomic E-state index is 8.88. The van der Waals surface area contributed by atoms with Gasteiger partial charge < -0.3 is 16.1 Å². The summed E-state index contributed by atoms with van der Waals surface area (Å²) in [5.41, 5.74) is 0. The first-order chi connectivity index (χ1) is 2.00. The molecule has 4 nitrogen and oxygen atoms in total. The van der Waals surface area contributed by atoms with Gasteiger partial charge in [-0.05, 0) is 0 Å². The van der Waals surface area contributed by atoms with Crippen molar-refractivity contribution in [2.45, 2.75) is 0 Å². The van der Waals surface area contributed by atoms with Gasteiger partial charge in [0.25, 0.3) is 0 Å². The van der Waals surface area contributed by atoms with Gasteiger partial charge in [0.1, 0.15) is 0 Å². The quantitative estimate of drug-likeness (QED) is 0.317. The van der Waals surface area contributed by atoms with Crippen LogP contribution in [0.5, 0.6) is 0 Å². The molecule has 0 aromatic heterocycles. The summed E-state index contributed by atoms with van der Waals surface area (Å²) in [6, 6.07) is 0. The minimum atomic E-state index is -4.64. The molecule has 0 saturated heterocycles. The zero-order chi connectivity index (χ0) is 4.50. The predicted molar refractivity (Wildman–Crippen MR) is 15.4 cm³/mol. The van der Waals surface area contributed by atoms with E-state index in [9.17, 15) is 0 Å². The average molecular weight is 313 g/mol. The first-order valence-electron chi connectivity index (χ1n) is 0.783. The second kappa shape index (κ2) is 7.09. The summed E-state index contributed by atoms with van der Waals surface area (Å²) in [6.07, 6.45) is 0. The monoisotopic (exact) mass is 313 g/mol. The molecule has 1 radical (unpaired) electrons. The van der Waals surface area contributed by atoms with Crippen molar-refractivity contribution in [1.29, 1.82) is 0 Å². The normalized spacial score (nSPS) is 8.43.